The van der Waals surface area contributed by atoms with Crippen LogP contribution in [0.3, 0.4) is 0 Å². The summed E-state index contributed by atoms with van der Waals surface area (Å²) in [6.07, 6.45) is 0.460. The van der Waals surface area contributed by atoms with Crippen LogP contribution in [0.5, 0.6) is 0 Å². The van der Waals surface area contributed by atoms with E-state index in [0.29, 0.717) is 6.42 Å². The number of fused-ring (bicyclic) bond motifs is 5. The Balaban J connectivity index is 2.30. The van der Waals surface area contributed by atoms with Gasteiger partial charge in [-0.15, -0.1) is 11.3 Å². The lowest BCUT2D eigenvalue weighted by atomic mass is 9.99. The van der Waals surface area contributed by atoms with Crippen molar-refractivity contribution in [2.75, 3.05) is 0 Å². The Kier molecular flexibility index (Phi) is 2.48. The molecule has 0 bridgehead atoms. The first-order valence-electron chi connectivity index (χ1n) is 6.57. The highest BCUT2D eigenvalue weighted by atomic mass is 32.1. The Hall–Kier alpha value is -2.37. The Morgan fingerprint density at radius 2 is 1.70 bits per heavy atom. The predicted molar refractivity (Wildman–Crippen MR) is 86.2 cm³/mol. The molecule has 1 heterocycles. The third-order valence-electron chi connectivity index (χ3n) is 3.72. The van der Waals surface area contributed by atoms with Crippen molar-refractivity contribution in [1.29, 1.82) is 5.26 Å². The van der Waals surface area contributed by atoms with E-state index in [1.807, 2.05) is 11.3 Å². The highest BCUT2D eigenvalue weighted by Gasteiger charge is 2.12. The zero-order chi connectivity index (χ0) is 13.5. The number of nitrogens with zero attached hydrogens (tertiary/aromatic N) is 1. The van der Waals surface area contributed by atoms with Crippen molar-refractivity contribution in [2.24, 2.45) is 0 Å². The number of hydrogen-bond donors (Lipinski definition) is 0. The van der Waals surface area contributed by atoms with E-state index in [1.165, 1.54) is 30.9 Å². The summed E-state index contributed by atoms with van der Waals surface area (Å²) < 4.78 is 2.59. The van der Waals surface area contributed by atoms with Gasteiger partial charge in [-0.25, -0.2) is 0 Å². The van der Waals surface area contributed by atoms with Gasteiger partial charge in [0.05, 0.1) is 12.5 Å². The molecule has 0 atom stereocenters. The van der Waals surface area contributed by atoms with Crippen LogP contribution in [0.2, 0.25) is 0 Å². The molecule has 0 saturated carbocycles. The molecule has 0 saturated heterocycles. The summed E-state index contributed by atoms with van der Waals surface area (Å²) in [5, 5.41) is 14.1. The highest BCUT2D eigenvalue weighted by molar-refractivity contribution is 7.26. The van der Waals surface area contributed by atoms with Crippen molar-refractivity contribution in [3.8, 4) is 6.07 Å². The minimum absolute atomic E-state index is 0.460. The third kappa shape index (κ3) is 1.54. The third-order valence-corrected chi connectivity index (χ3v) is 4.93. The molecule has 0 fully saturated rings. The van der Waals surface area contributed by atoms with Crippen molar-refractivity contribution in [3.05, 3.63) is 60.2 Å². The molecule has 1 nitrogen and oxygen atoms in total. The molecule has 3 aromatic carbocycles. The van der Waals surface area contributed by atoms with Crippen LogP contribution in [0.15, 0.2) is 54.6 Å². The number of rotatable bonds is 1. The van der Waals surface area contributed by atoms with E-state index in [0.717, 1.165) is 5.56 Å². The largest absolute Gasteiger partial charge is 0.198 e. The van der Waals surface area contributed by atoms with Gasteiger partial charge in [-0.3, -0.25) is 0 Å². The molecule has 0 aliphatic heterocycles. The molecule has 4 aromatic rings. The fourth-order valence-corrected chi connectivity index (χ4v) is 4.15. The first-order valence-corrected chi connectivity index (χ1v) is 7.39. The van der Waals surface area contributed by atoms with E-state index in [-0.39, 0.29) is 0 Å². The zero-order valence-electron chi connectivity index (χ0n) is 10.8. The summed E-state index contributed by atoms with van der Waals surface area (Å²) >= 11 is 1.82. The number of thiophene rings is 1. The van der Waals surface area contributed by atoms with Gasteiger partial charge in [-0.1, -0.05) is 42.5 Å². The second-order valence-electron chi connectivity index (χ2n) is 4.89. The standard InChI is InChI=1S/C18H11NS/c19-10-9-13-11-12-5-1-2-6-14(12)18-17(13)15-7-3-4-8-16(15)20-18/h1-8,11H,9H2. The van der Waals surface area contributed by atoms with Crippen molar-refractivity contribution in [1.82, 2.24) is 0 Å². The predicted octanol–water partition coefficient (Wildman–Crippen LogP) is 5.27. The molecule has 0 N–H and O–H groups in total. The van der Waals surface area contributed by atoms with Gasteiger partial charge in [-0.05, 0) is 28.5 Å². The smallest absolute Gasteiger partial charge is 0.0669 e. The molecule has 4 rings (SSSR count). The van der Waals surface area contributed by atoms with Crippen LogP contribution in [0.25, 0.3) is 30.9 Å². The second-order valence-corrected chi connectivity index (χ2v) is 5.95. The molecular weight excluding hydrogens is 262 g/mol. The van der Waals surface area contributed by atoms with Crippen molar-refractivity contribution < 1.29 is 0 Å². The van der Waals surface area contributed by atoms with Gasteiger partial charge in [0.2, 0.25) is 0 Å². The second kappa shape index (κ2) is 4.33. The minimum Gasteiger partial charge on any atom is -0.198 e. The van der Waals surface area contributed by atoms with Gasteiger partial charge in [-0.2, -0.15) is 5.26 Å². The van der Waals surface area contributed by atoms with E-state index < -0.39 is 0 Å². The van der Waals surface area contributed by atoms with Gasteiger partial charge in [0.25, 0.3) is 0 Å². The summed E-state index contributed by atoms with van der Waals surface area (Å²) in [4.78, 5) is 0. The van der Waals surface area contributed by atoms with E-state index in [4.69, 9.17) is 5.26 Å². The quantitative estimate of drug-likeness (QED) is 0.463. The van der Waals surface area contributed by atoms with Gasteiger partial charge >= 0.3 is 0 Å². The average molecular weight is 273 g/mol. The molecule has 1 aromatic heterocycles. The van der Waals surface area contributed by atoms with Crippen LogP contribution in [0.4, 0.5) is 0 Å². The molecule has 0 amide bonds. The number of benzene rings is 3. The van der Waals surface area contributed by atoms with Gasteiger partial charge < -0.3 is 0 Å². The topological polar surface area (TPSA) is 23.8 Å². The highest BCUT2D eigenvalue weighted by Crippen LogP contribution is 2.40. The zero-order valence-corrected chi connectivity index (χ0v) is 11.6. The molecule has 0 unspecified atom stereocenters. The molecule has 94 valence electrons. The molecular formula is C18H11NS. The Morgan fingerprint density at radius 1 is 0.950 bits per heavy atom. The summed E-state index contributed by atoms with van der Waals surface area (Å²) in [5.74, 6) is 0. The monoisotopic (exact) mass is 273 g/mol. The molecule has 0 radical (unpaired) electrons. The van der Waals surface area contributed by atoms with E-state index >= 15 is 0 Å². The summed E-state index contributed by atoms with van der Waals surface area (Å²) in [6.45, 7) is 0. The average Bonchev–Trinajstić information content (AvgIpc) is 2.87. The van der Waals surface area contributed by atoms with Crippen molar-refractivity contribution in [2.45, 2.75) is 6.42 Å². The van der Waals surface area contributed by atoms with E-state index in [2.05, 4.69) is 60.7 Å². The lowest BCUT2D eigenvalue weighted by molar-refractivity contribution is 1.30. The van der Waals surface area contributed by atoms with Gasteiger partial charge in [0, 0.05) is 20.2 Å². The maximum absolute atomic E-state index is 9.11. The summed E-state index contributed by atoms with van der Waals surface area (Å²) in [6, 6.07) is 21.4. The van der Waals surface area contributed by atoms with Crippen LogP contribution in [-0.2, 0) is 6.42 Å². The number of nitriles is 1. The Morgan fingerprint density at radius 3 is 2.55 bits per heavy atom. The lowest BCUT2D eigenvalue weighted by Crippen LogP contribution is -1.84. The van der Waals surface area contributed by atoms with Crippen molar-refractivity contribution >= 4 is 42.3 Å². The molecule has 0 spiro atoms. The fraction of sp³-hybridized carbons (Fsp3) is 0.0556. The number of hydrogen-bond acceptors (Lipinski definition) is 2. The normalized spacial score (nSPS) is 11.2. The maximum atomic E-state index is 9.11. The Bertz CT molecular complexity index is 989. The van der Waals surface area contributed by atoms with Gasteiger partial charge in [0.1, 0.15) is 0 Å². The van der Waals surface area contributed by atoms with E-state index in [9.17, 15) is 0 Å². The van der Waals surface area contributed by atoms with Crippen LogP contribution < -0.4 is 0 Å². The van der Waals surface area contributed by atoms with Crippen LogP contribution in [0.1, 0.15) is 5.56 Å². The molecule has 0 aliphatic rings. The fourth-order valence-electron chi connectivity index (χ4n) is 2.87. The SMILES string of the molecule is N#CCc1cc2ccccc2c2sc3ccccc3c12. The van der Waals surface area contributed by atoms with Crippen LogP contribution >= 0.6 is 11.3 Å². The lowest BCUT2D eigenvalue weighted by Gasteiger charge is -2.04. The van der Waals surface area contributed by atoms with Gasteiger partial charge in [0.15, 0.2) is 0 Å². The first-order chi connectivity index (χ1) is 9.88. The first kappa shape index (κ1) is 11.5. The minimum atomic E-state index is 0.460. The molecule has 0 aliphatic carbocycles. The summed E-state index contributed by atoms with van der Waals surface area (Å²) in [7, 11) is 0. The van der Waals surface area contributed by atoms with Crippen LogP contribution in [-0.4, -0.2) is 0 Å². The van der Waals surface area contributed by atoms with E-state index in [1.54, 1.807) is 0 Å². The van der Waals surface area contributed by atoms with Crippen LogP contribution in [0, 0.1) is 11.3 Å². The van der Waals surface area contributed by atoms with Crippen molar-refractivity contribution in [3.63, 3.8) is 0 Å². The molecule has 2 heteroatoms. The maximum Gasteiger partial charge on any atom is 0.0669 e. The Labute approximate surface area is 120 Å². The summed E-state index contributed by atoms with van der Waals surface area (Å²) in [5.41, 5.74) is 1.14. The molecule has 20 heavy (non-hydrogen) atoms.